The van der Waals surface area contributed by atoms with Gasteiger partial charge in [-0.25, -0.2) is 9.97 Å². The SMILES string of the molecule is O=C(Nc1nc2ccc(Cl)cc2s1)c1cnc(-c2ccc(Cl)cc2)[nH]c1=O. The van der Waals surface area contributed by atoms with Crippen LogP contribution in [0, 0.1) is 0 Å². The van der Waals surface area contributed by atoms with Gasteiger partial charge in [-0.1, -0.05) is 34.5 Å². The number of rotatable bonds is 3. The molecule has 0 saturated heterocycles. The van der Waals surface area contributed by atoms with Crippen LogP contribution in [0.1, 0.15) is 10.4 Å². The maximum atomic E-state index is 12.4. The lowest BCUT2D eigenvalue weighted by Crippen LogP contribution is -2.24. The van der Waals surface area contributed by atoms with Crippen LogP contribution in [-0.4, -0.2) is 20.9 Å². The van der Waals surface area contributed by atoms with Crippen LogP contribution in [-0.2, 0) is 0 Å². The van der Waals surface area contributed by atoms with E-state index in [1.807, 2.05) is 0 Å². The molecule has 2 aromatic carbocycles. The van der Waals surface area contributed by atoms with E-state index in [9.17, 15) is 9.59 Å². The Labute approximate surface area is 166 Å². The molecule has 0 atom stereocenters. The molecule has 0 fully saturated rings. The summed E-state index contributed by atoms with van der Waals surface area (Å²) in [6, 6.07) is 12.1. The van der Waals surface area contributed by atoms with Gasteiger partial charge in [0.05, 0.1) is 10.2 Å². The van der Waals surface area contributed by atoms with Gasteiger partial charge in [-0.05, 0) is 42.5 Å². The van der Waals surface area contributed by atoms with Crippen molar-refractivity contribution >= 4 is 55.8 Å². The molecule has 6 nitrogen and oxygen atoms in total. The number of carbonyl (C=O) groups excluding carboxylic acids is 1. The van der Waals surface area contributed by atoms with Crippen LogP contribution >= 0.6 is 34.5 Å². The van der Waals surface area contributed by atoms with E-state index >= 15 is 0 Å². The van der Waals surface area contributed by atoms with Crippen molar-refractivity contribution in [3.05, 3.63) is 74.6 Å². The smallest absolute Gasteiger partial charge is 0.264 e. The summed E-state index contributed by atoms with van der Waals surface area (Å²) in [6.07, 6.45) is 1.24. The molecule has 0 aliphatic rings. The normalized spacial score (nSPS) is 10.9. The zero-order valence-corrected chi connectivity index (χ0v) is 15.8. The number of aromatic nitrogens is 3. The zero-order valence-electron chi connectivity index (χ0n) is 13.5. The first kappa shape index (κ1) is 17.7. The van der Waals surface area contributed by atoms with E-state index in [4.69, 9.17) is 23.2 Å². The van der Waals surface area contributed by atoms with Gasteiger partial charge in [0, 0.05) is 21.8 Å². The van der Waals surface area contributed by atoms with Gasteiger partial charge in [0.1, 0.15) is 11.4 Å². The van der Waals surface area contributed by atoms with E-state index in [0.29, 0.717) is 32.1 Å². The number of H-pyrrole nitrogens is 1. The number of carbonyl (C=O) groups is 1. The van der Waals surface area contributed by atoms with Gasteiger partial charge in [-0.3, -0.25) is 14.9 Å². The molecule has 2 aromatic heterocycles. The van der Waals surface area contributed by atoms with Crippen molar-refractivity contribution in [2.75, 3.05) is 5.32 Å². The molecule has 2 heterocycles. The average Bonchev–Trinajstić information content (AvgIpc) is 3.03. The van der Waals surface area contributed by atoms with Crippen LogP contribution in [0.4, 0.5) is 5.13 Å². The largest absolute Gasteiger partial charge is 0.306 e. The van der Waals surface area contributed by atoms with Crippen LogP contribution in [0.15, 0.2) is 53.5 Å². The van der Waals surface area contributed by atoms with Crippen LogP contribution in [0.5, 0.6) is 0 Å². The summed E-state index contributed by atoms with van der Waals surface area (Å²) in [5.41, 5.74) is 0.748. The second kappa shape index (κ2) is 7.11. The molecule has 27 heavy (non-hydrogen) atoms. The summed E-state index contributed by atoms with van der Waals surface area (Å²) in [5, 5.41) is 4.16. The molecule has 0 saturated carbocycles. The van der Waals surface area contributed by atoms with Crippen LogP contribution in [0.2, 0.25) is 10.0 Å². The molecule has 2 N–H and O–H groups in total. The molecule has 0 radical (unpaired) electrons. The van der Waals surface area contributed by atoms with Gasteiger partial charge >= 0.3 is 0 Å². The summed E-state index contributed by atoms with van der Waals surface area (Å²) >= 11 is 13.1. The fraction of sp³-hybridized carbons (Fsp3) is 0. The fourth-order valence-electron chi connectivity index (χ4n) is 2.43. The highest BCUT2D eigenvalue weighted by molar-refractivity contribution is 7.22. The zero-order chi connectivity index (χ0) is 19.0. The molecular formula is C18H10Cl2N4O2S. The first-order valence-electron chi connectivity index (χ1n) is 7.72. The highest BCUT2D eigenvalue weighted by Crippen LogP contribution is 2.28. The Morgan fingerprint density at radius 1 is 1.07 bits per heavy atom. The Kier molecular flexibility index (Phi) is 4.65. The van der Waals surface area contributed by atoms with E-state index in [0.717, 1.165) is 4.70 Å². The third-order valence-electron chi connectivity index (χ3n) is 3.73. The number of hydrogen-bond donors (Lipinski definition) is 2. The quantitative estimate of drug-likeness (QED) is 0.510. The van der Waals surface area contributed by atoms with Crippen molar-refractivity contribution in [1.82, 2.24) is 15.0 Å². The Balaban J connectivity index is 1.59. The minimum absolute atomic E-state index is 0.106. The number of aromatic amines is 1. The number of nitrogens with one attached hydrogen (secondary N) is 2. The molecule has 0 aliphatic heterocycles. The maximum absolute atomic E-state index is 12.4. The molecule has 4 aromatic rings. The summed E-state index contributed by atoms with van der Waals surface area (Å²) < 4.78 is 0.836. The molecule has 9 heteroatoms. The molecule has 0 bridgehead atoms. The van der Waals surface area contributed by atoms with Crippen LogP contribution in [0.3, 0.4) is 0 Å². The number of nitrogens with zero attached hydrogens (tertiary/aromatic N) is 2. The van der Waals surface area contributed by atoms with E-state index in [2.05, 4.69) is 20.3 Å². The Morgan fingerprint density at radius 2 is 1.81 bits per heavy atom. The molecule has 4 rings (SSSR count). The number of fused-ring (bicyclic) bond motifs is 1. The minimum atomic E-state index is -0.587. The van der Waals surface area contributed by atoms with Crippen molar-refractivity contribution in [3.63, 3.8) is 0 Å². The molecule has 134 valence electrons. The fourth-order valence-corrected chi connectivity index (χ4v) is 3.69. The highest BCUT2D eigenvalue weighted by atomic mass is 35.5. The lowest BCUT2D eigenvalue weighted by atomic mass is 10.2. The first-order valence-corrected chi connectivity index (χ1v) is 9.29. The predicted molar refractivity (Wildman–Crippen MR) is 108 cm³/mol. The molecule has 1 amide bonds. The third kappa shape index (κ3) is 3.71. The van der Waals surface area contributed by atoms with Crippen molar-refractivity contribution in [3.8, 4) is 11.4 Å². The van der Waals surface area contributed by atoms with Gasteiger partial charge in [0.2, 0.25) is 0 Å². The third-order valence-corrected chi connectivity index (χ3v) is 5.15. The summed E-state index contributed by atoms with van der Waals surface area (Å²) in [6.45, 7) is 0. The minimum Gasteiger partial charge on any atom is -0.306 e. The monoisotopic (exact) mass is 416 g/mol. The number of thiazole rings is 1. The van der Waals surface area contributed by atoms with Crippen LogP contribution in [0.25, 0.3) is 21.6 Å². The number of amides is 1. The second-order valence-corrected chi connectivity index (χ2v) is 7.47. The topological polar surface area (TPSA) is 87.7 Å². The second-order valence-electron chi connectivity index (χ2n) is 5.57. The van der Waals surface area contributed by atoms with Gasteiger partial charge in [-0.15, -0.1) is 0 Å². The predicted octanol–water partition coefficient (Wildman–Crippen LogP) is 4.61. The van der Waals surface area contributed by atoms with Crippen molar-refractivity contribution in [2.45, 2.75) is 0 Å². The lowest BCUT2D eigenvalue weighted by Gasteiger charge is -2.03. The van der Waals surface area contributed by atoms with Gasteiger partial charge in [0.25, 0.3) is 11.5 Å². The van der Waals surface area contributed by atoms with E-state index in [1.54, 1.807) is 42.5 Å². The average molecular weight is 417 g/mol. The summed E-state index contributed by atoms with van der Waals surface area (Å²) in [5.74, 6) is -0.237. The number of hydrogen-bond acceptors (Lipinski definition) is 5. The first-order chi connectivity index (χ1) is 13.0. The van der Waals surface area contributed by atoms with E-state index in [-0.39, 0.29) is 5.56 Å². The summed E-state index contributed by atoms with van der Waals surface area (Å²) in [4.78, 5) is 35.8. The van der Waals surface area contributed by atoms with E-state index < -0.39 is 11.5 Å². The Bertz CT molecular complexity index is 1220. The maximum Gasteiger partial charge on any atom is 0.264 e. The number of benzene rings is 2. The molecule has 0 aliphatic carbocycles. The number of anilines is 1. The van der Waals surface area contributed by atoms with Crippen molar-refractivity contribution in [1.29, 1.82) is 0 Å². The van der Waals surface area contributed by atoms with Gasteiger partial charge in [0.15, 0.2) is 5.13 Å². The Hall–Kier alpha value is -2.74. The van der Waals surface area contributed by atoms with Gasteiger partial charge < -0.3 is 4.98 Å². The standard InChI is InChI=1S/C18H10Cl2N4O2S/c19-10-3-1-9(2-4-10)15-21-8-12(16(25)23-15)17(26)24-18-22-13-6-5-11(20)7-14(13)27-18/h1-8H,(H,21,23,25)(H,22,24,26). The highest BCUT2D eigenvalue weighted by Gasteiger charge is 2.15. The molecule has 0 spiro atoms. The summed E-state index contributed by atoms with van der Waals surface area (Å²) in [7, 11) is 0. The molecule has 0 unspecified atom stereocenters. The number of halogens is 2. The lowest BCUT2D eigenvalue weighted by molar-refractivity contribution is 0.102. The Morgan fingerprint density at radius 3 is 2.56 bits per heavy atom. The molecular weight excluding hydrogens is 407 g/mol. The van der Waals surface area contributed by atoms with Crippen molar-refractivity contribution in [2.24, 2.45) is 0 Å². The van der Waals surface area contributed by atoms with E-state index in [1.165, 1.54) is 17.5 Å². The van der Waals surface area contributed by atoms with Crippen LogP contribution < -0.4 is 10.9 Å². The van der Waals surface area contributed by atoms with Crippen molar-refractivity contribution < 1.29 is 4.79 Å². The van der Waals surface area contributed by atoms with Gasteiger partial charge in [-0.2, -0.15) is 0 Å².